The number of benzene rings is 1. The summed E-state index contributed by atoms with van der Waals surface area (Å²) in [5.74, 6) is -0.902. The molecule has 0 unspecified atom stereocenters. The summed E-state index contributed by atoms with van der Waals surface area (Å²) in [7, 11) is -2.65. The zero-order chi connectivity index (χ0) is 17.9. The molecule has 2 rings (SSSR count). The van der Waals surface area contributed by atoms with Crippen LogP contribution in [0.3, 0.4) is 0 Å². The SMILES string of the molecule is CC[C@@H](C)[C@@H](NS(=O)(=O)c1ccc2c(c1)CCC(=O)N2)C(=O)OC. The molecule has 1 aromatic rings. The van der Waals surface area contributed by atoms with Crippen molar-refractivity contribution in [3.63, 3.8) is 0 Å². The largest absolute Gasteiger partial charge is 0.468 e. The number of amides is 1. The van der Waals surface area contributed by atoms with Crippen molar-refractivity contribution in [2.24, 2.45) is 5.92 Å². The minimum atomic E-state index is -3.88. The van der Waals surface area contributed by atoms with Gasteiger partial charge in [-0.25, -0.2) is 8.42 Å². The zero-order valence-electron chi connectivity index (χ0n) is 14.0. The summed E-state index contributed by atoms with van der Waals surface area (Å²) >= 11 is 0. The Balaban J connectivity index is 2.29. The maximum Gasteiger partial charge on any atom is 0.324 e. The summed E-state index contributed by atoms with van der Waals surface area (Å²) in [5, 5.41) is 2.71. The summed E-state index contributed by atoms with van der Waals surface area (Å²) < 4.78 is 32.4. The quantitative estimate of drug-likeness (QED) is 0.753. The van der Waals surface area contributed by atoms with Gasteiger partial charge in [0.05, 0.1) is 12.0 Å². The molecule has 1 aromatic carbocycles. The van der Waals surface area contributed by atoms with Gasteiger partial charge in [-0.15, -0.1) is 0 Å². The normalized spacial score (nSPS) is 16.7. The second-order valence-electron chi connectivity index (χ2n) is 5.87. The van der Waals surface area contributed by atoms with E-state index < -0.39 is 22.0 Å². The molecule has 0 aliphatic carbocycles. The molecule has 132 valence electrons. The van der Waals surface area contributed by atoms with Crippen LogP contribution in [0.2, 0.25) is 0 Å². The Hall–Kier alpha value is -1.93. The highest BCUT2D eigenvalue weighted by Gasteiger charge is 2.31. The number of methoxy groups -OCH3 is 1. The first-order chi connectivity index (χ1) is 11.3. The highest BCUT2D eigenvalue weighted by Crippen LogP contribution is 2.26. The van der Waals surface area contributed by atoms with Crippen molar-refractivity contribution >= 4 is 27.6 Å². The molecule has 7 nitrogen and oxygen atoms in total. The number of aryl methyl sites for hydroxylation is 1. The maximum absolute atomic E-state index is 12.6. The van der Waals surface area contributed by atoms with E-state index in [0.29, 0.717) is 24.9 Å². The molecule has 0 aromatic heterocycles. The number of hydrogen-bond acceptors (Lipinski definition) is 5. The molecule has 2 atom stereocenters. The van der Waals surface area contributed by atoms with Crippen molar-refractivity contribution in [2.45, 2.75) is 44.0 Å². The number of ether oxygens (including phenoxy) is 1. The third kappa shape index (κ3) is 3.93. The lowest BCUT2D eigenvalue weighted by Gasteiger charge is -2.22. The lowest BCUT2D eigenvalue weighted by atomic mass is 10.0. The molecule has 0 spiro atoms. The van der Waals surface area contributed by atoms with Crippen LogP contribution >= 0.6 is 0 Å². The van der Waals surface area contributed by atoms with Crippen LogP contribution < -0.4 is 10.0 Å². The van der Waals surface area contributed by atoms with E-state index >= 15 is 0 Å². The highest BCUT2D eigenvalue weighted by atomic mass is 32.2. The number of rotatable bonds is 6. The van der Waals surface area contributed by atoms with Crippen molar-refractivity contribution < 1.29 is 22.7 Å². The fourth-order valence-electron chi connectivity index (χ4n) is 2.52. The Kier molecular flexibility index (Phi) is 5.61. The number of nitrogens with one attached hydrogen (secondary N) is 2. The molecule has 1 aliphatic rings. The molecular weight excluding hydrogens is 332 g/mol. The van der Waals surface area contributed by atoms with Gasteiger partial charge in [0.25, 0.3) is 0 Å². The monoisotopic (exact) mass is 354 g/mol. The average molecular weight is 354 g/mol. The van der Waals surface area contributed by atoms with Gasteiger partial charge < -0.3 is 10.1 Å². The molecule has 1 heterocycles. The van der Waals surface area contributed by atoms with Gasteiger partial charge in [0.1, 0.15) is 6.04 Å². The number of esters is 1. The van der Waals surface area contributed by atoms with Gasteiger partial charge in [0.2, 0.25) is 15.9 Å². The van der Waals surface area contributed by atoms with Gasteiger partial charge in [-0.05, 0) is 36.1 Å². The number of fused-ring (bicyclic) bond motifs is 1. The van der Waals surface area contributed by atoms with Gasteiger partial charge in [0, 0.05) is 12.1 Å². The summed E-state index contributed by atoms with van der Waals surface area (Å²) in [4.78, 5) is 23.3. The van der Waals surface area contributed by atoms with Crippen LogP contribution in [-0.2, 0) is 30.8 Å². The van der Waals surface area contributed by atoms with Crippen molar-refractivity contribution in [1.82, 2.24) is 4.72 Å². The average Bonchev–Trinajstić information content (AvgIpc) is 2.57. The van der Waals surface area contributed by atoms with E-state index in [1.54, 1.807) is 13.0 Å². The van der Waals surface area contributed by atoms with Gasteiger partial charge in [0.15, 0.2) is 0 Å². The number of anilines is 1. The van der Waals surface area contributed by atoms with E-state index in [1.165, 1.54) is 19.2 Å². The lowest BCUT2D eigenvalue weighted by molar-refractivity contribution is -0.143. The molecule has 0 bridgehead atoms. The van der Waals surface area contributed by atoms with E-state index in [2.05, 4.69) is 10.0 Å². The third-order valence-corrected chi connectivity index (χ3v) is 5.67. The Morgan fingerprint density at radius 1 is 1.38 bits per heavy atom. The minimum absolute atomic E-state index is 0.0644. The fraction of sp³-hybridized carbons (Fsp3) is 0.500. The van der Waals surface area contributed by atoms with E-state index in [-0.39, 0.29) is 16.7 Å². The molecule has 0 saturated heterocycles. The van der Waals surface area contributed by atoms with Crippen LogP contribution in [0.4, 0.5) is 5.69 Å². The van der Waals surface area contributed by atoms with Gasteiger partial charge in [-0.1, -0.05) is 20.3 Å². The third-order valence-electron chi connectivity index (χ3n) is 4.23. The van der Waals surface area contributed by atoms with Gasteiger partial charge in [-0.3, -0.25) is 9.59 Å². The summed E-state index contributed by atoms with van der Waals surface area (Å²) in [6, 6.07) is 3.57. The Labute approximate surface area is 141 Å². The molecule has 8 heteroatoms. The fourth-order valence-corrected chi connectivity index (χ4v) is 3.86. The predicted octanol–water partition coefficient (Wildman–Crippen LogP) is 1.44. The van der Waals surface area contributed by atoms with Gasteiger partial charge >= 0.3 is 5.97 Å². The number of sulfonamides is 1. The summed E-state index contributed by atoms with van der Waals surface area (Å²) in [5.41, 5.74) is 1.38. The smallest absolute Gasteiger partial charge is 0.324 e. The Morgan fingerprint density at radius 2 is 2.08 bits per heavy atom. The highest BCUT2D eigenvalue weighted by molar-refractivity contribution is 7.89. The Bertz CT molecular complexity index is 745. The van der Waals surface area contributed by atoms with Crippen molar-refractivity contribution in [1.29, 1.82) is 0 Å². The zero-order valence-corrected chi connectivity index (χ0v) is 14.8. The molecular formula is C16H22N2O5S. The van der Waals surface area contributed by atoms with Gasteiger partial charge in [-0.2, -0.15) is 4.72 Å². The number of carbonyl (C=O) groups is 2. The number of carbonyl (C=O) groups excluding carboxylic acids is 2. The molecule has 2 N–H and O–H groups in total. The second kappa shape index (κ2) is 7.31. The maximum atomic E-state index is 12.6. The van der Waals surface area contributed by atoms with E-state index in [0.717, 1.165) is 5.56 Å². The first kappa shape index (κ1) is 18.4. The van der Waals surface area contributed by atoms with Crippen LogP contribution in [0.5, 0.6) is 0 Å². The van der Waals surface area contributed by atoms with Crippen LogP contribution in [0, 0.1) is 5.92 Å². The second-order valence-corrected chi connectivity index (χ2v) is 7.59. The lowest BCUT2D eigenvalue weighted by Crippen LogP contribution is -2.45. The molecule has 0 fully saturated rings. The minimum Gasteiger partial charge on any atom is -0.468 e. The van der Waals surface area contributed by atoms with Crippen LogP contribution in [0.15, 0.2) is 23.1 Å². The van der Waals surface area contributed by atoms with Crippen molar-refractivity contribution in [3.8, 4) is 0 Å². The molecule has 0 saturated carbocycles. The van der Waals surface area contributed by atoms with E-state index in [4.69, 9.17) is 4.74 Å². The number of hydrogen-bond donors (Lipinski definition) is 2. The molecule has 1 aliphatic heterocycles. The molecule has 1 amide bonds. The predicted molar refractivity (Wildman–Crippen MR) is 89.0 cm³/mol. The van der Waals surface area contributed by atoms with Crippen LogP contribution in [-0.4, -0.2) is 33.4 Å². The first-order valence-corrected chi connectivity index (χ1v) is 9.29. The summed E-state index contributed by atoms with van der Waals surface area (Å²) in [6.45, 7) is 3.66. The summed E-state index contributed by atoms with van der Waals surface area (Å²) in [6.07, 6.45) is 1.43. The Morgan fingerprint density at radius 3 is 2.71 bits per heavy atom. The standard InChI is InChI=1S/C16H22N2O5S/c1-4-10(2)15(16(20)23-3)18-24(21,22)12-6-7-13-11(9-12)5-8-14(19)17-13/h6-7,9-10,15,18H,4-5,8H2,1-3H3,(H,17,19)/t10-,15-/m1/s1. The van der Waals surface area contributed by atoms with Crippen molar-refractivity contribution in [3.05, 3.63) is 23.8 Å². The topological polar surface area (TPSA) is 102 Å². The van der Waals surface area contributed by atoms with Crippen LogP contribution in [0.25, 0.3) is 0 Å². The first-order valence-electron chi connectivity index (χ1n) is 7.81. The molecule has 24 heavy (non-hydrogen) atoms. The van der Waals surface area contributed by atoms with E-state index in [1.807, 2.05) is 6.92 Å². The van der Waals surface area contributed by atoms with Crippen molar-refractivity contribution in [2.75, 3.05) is 12.4 Å². The molecule has 0 radical (unpaired) electrons. The van der Waals surface area contributed by atoms with Crippen LogP contribution in [0.1, 0.15) is 32.3 Å². The van der Waals surface area contributed by atoms with E-state index in [9.17, 15) is 18.0 Å².